The SMILES string of the molecule is CC(=O)NCCOCCOCCOCCC(=O)NCC1CCC(C(=O)N[C@@H](CC(C)C)C(=O)NCCCC[C@H](NC(=O)N[C@@H](CCC(=O)O)C(=O)O)C(=O)O)CC1. The van der Waals surface area contributed by atoms with Crippen molar-refractivity contribution in [2.45, 2.75) is 110 Å². The summed E-state index contributed by atoms with van der Waals surface area (Å²) in [4.78, 5) is 95.3. The van der Waals surface area contributed by atoms with Crippen LogP contribution in [0.5, 0.6) is 0 Å². The predicted octanol–water partition coefficient (Wildman–Crippen LogP) is 0.373. The van der Waals surface area contributed by atoms with E-state index in [9.17, 15) is 48.6 Å². The fourth-order valence-corrected chi connectivity index (χ4v) is 5.92. The number of carboxylic acids is 3. The highest BCUT2D eigenvalue weighted by Gasteiger charge is 2.30. The van der Waals surface area contributed by atoms with Crippen LogP contribution in [-0.2, 0) is 47.8 Å². The van der Waals surface area contributed by atoms with Gasteiger partial charge in [-0.2, -0.15) is 0 Å². The van der Waals surface area contributed by atoms with Crippen LogP contribution in [0.3, 0.4) is 0 Å². The standard InChI is InChI=1S/C37H64N6O14/c1-24(2)22-30(34(49)39-14-5-4-6-28(35(50)51)42-37(54)43-29(36(52)53)11-12-32(46)47)41-33(48)27-9-7-26(8-10-27)23-40-31(45)13-16-55-18-20-57-21-19-56-17-15-38-25(3)44/h24,26-30H,4-23H2,1-3H3,(H,38,44)(H,39,49)(H,40,45)(H,41,48)(H,46,47)(H,50,51)(H,52,53)(H2,42,43,54)/t26?,27?,28-,29-,30-/m0/s1. The molecule has 3 atom stereocenters. The number of carboxylic acid groups (broad SMARTS) is 3. The molecule has 1 aliphatic rings. The number of rotatable bonds is 31. The van der Waals surface area contributed by atoms with Gasteiger partial charge in [0.1, 0.15) is 18.1 Å². The van der Waals surface area contributed by atoms with Crippen LogP contribution in [0.2, 0.25) is 0 Å². The largest absolute Gasteiger partial charge is 0.481 e. The van der Waals surface area contributed by atoms with Crippen molar-refractivity contribution in [3.63, 3.8) is 0 Å². The van der Waals surface area contributed by atoms with Crippen LogP contribution < -0.4 is 31.9 Å². The van der Waals surface area contributed by atoms with E-state index in [1.54, 1.807) is 0 Å². The maximum Gasteiger partial charge on any atom is 0.326 e. The minimum Gasteiger partial charge on any atom is -0.481 e. The third-order valence-electron chi connectivity index (χ3n) is 9.06. The molecule has 0 saturated heterocycles. The van der Waals surface area contributed by atoms with Gasteiger partial charge in [0, 0.05) is 45.3 Å². The Morgan fingerprint density at radius 2 is 1.21 bits per heavy atom. The van der Waals surface area contributed by atoms with E-state index >= 15 is 0 Å². The Morgan fingerprint density at radius 3 is 1.77 bits per heavy atom. The van der Waals surface area contributed by atoms with Gasteiger partial charge in [-0.25, -0.2) is 14.4 Å². The molecule has 1 aliphatic carbocycles. The average molecular weight is 817 g/mol. The quantitative estimate of drug-likeness (QED) is 0.0428. The van der Waals surface area contributed by atoms with Crippen LogP contribution in [0.15, 0.2) is 0 Å². The Balaban J connectivity index is 2.33. The zero-order valence-electron chi connectivity index (χ0n) is 33.4. The number of amides is 6. The molecule has 0 aliphatic heterocycles. The third kappa shape index (κ3) is 25.3. The van der Waals surface area contributed by atoms with E-state index < -0.39 is 48.5 Å². The van der Waals surface area contributed by atoms with Crippen LogP contribution in [0.4, 0.5) is 4.79 Å². The zero-order chi connectivity index (χ0) is 42.6. The van der Waals surface area contributed by atoms with Crippen LogP contribution in [-0.4, -0.2) is 140 Å². The second-order valence-electron chi connectivity index (χ2n) is 14.4. The van der Waals surface area contributed by atoms with Crippen molar-refractivity contribution in [3.8, 4) is 0 Å². The highest BCUT2D eigenvalue weighted by molar-refractivity contribution is 5.88. The number of carbonyl (C=O) groups excluding carboxylic acids is 5. The molecule has 20 nitrogen and oxygen atoms in total. The zero-order valence-corrected chi connectivity index (χ0v) is 33.4. The molecule has 0 aromatic carbocycles. The van der Waals surface area contributed by atoms with E-state index in [0.29, 0.717) is 71.8 Å². The molecule has 0 heterocycles. The Bertz CT molecular complexity index is 1280. The van der Waals surface area contributed by atoms with Crippen molar-refractivity contribution in [2.75, 3.05) is 59.3 Å². The van der Waals surface area contributed by atoms with Gasteiger partial charge in [0.2, 0.25) is 23.6 Å². The summed E-state index contributed by atoms with van der Waals surface area (Å²) in [6.07, 6.45) is 3.14. The lowest BCUT2D eigenvalue weighted by Crippen LogP contribution is -2.51. The normalized spacial score (nSPS) is 16.7. The molecule has 1 fully saturated rings. The molecular formula is C37H64N6O14. The van der Waals surface area contributed by atoms with E-state index in [1.165, 1.54) is 6.92 Å². The second-order valence-corrected chi connectivity index (χ2v) is 14.4. The lowest BCUT2D eigenvalue weighted by atomic mass is 9.81. The molecule has 57 heavy (non-hydrogen) atoms. The summed E-state index contributed by atoms with van der Waals surface area (Å²) in [6, 6.07) is -4.68. The van der Waals surface area contributed by atoms with E-state index in [1.807, 2.05) is 13.8 Å². The molecule has 6 amide bonds. The number of urea groups is 1. The summed E-state index contributed by atoms with van der Waals surface area (Å²) in [6.45, 7) is 8.66. The van der Waals surface area contributed by atoms with Gasteiger partial charge in [0.15, 0.2) is 0 Å². The maximum atomic E-state index is 13.2. The van der Waals surface area contributed by atoms with Crippen molar-refractivity contribution in [1.29, 1.82) is 0 Å². The maximum absolute atomic E-state index is 13.2. The number of hydrogen-bond acceptors (Lipinski definition) is 11. The molecule has 326 valence electrons. The first-order chi connectivity index (χ1) is 27.1. The van der Waals surface area contributed by atoms with Gasteiger partial charge in [-0.3, -0.25) is 24.0 Å². The fourth-order valence-electron chi connectivity index (χ4n) is 5.92. The summed E-state index contributed by atoms with van der Waals surface area (Å²) >= 11 is 0. The van der Waals surface area contributed by atoms with E-state index in [4.69, 9.17) is 19.3 Å². The van der Waals surface area contributed by atoms with Crippen LogP contribution in [0.25, 0.3) is 0 Å². The average Bonchev–Trinajstić information content (AvgIpc) is 3.14. The molecule has 0 bridgehead atoms. The van der Waals surface area contributed by atoms with Crippen LogP contribution in [0, 0.1) is 17.8 Å². The van der Waals surface area contributed by atoms with Crippen molar-refractivity contribution in [3.05, 3.63) is 0 Å². The van der Waals surface area contributed by atoms with Gasteiger partial charge in [-0.05, 0) is 69.6 Å². The van der Waals surface area contributed by atoms with Gasteiger partial charge in [-0.1, -0.05) is 13.8 Å². The summed E-state index contributed by atoms with van der Waals surface area (Å²) in [5.74, 6) is -4.75. The molecule has 0 spiro atoms. The van der Waals surface area contributed by atoms with Crippen molar-refractivity contribution in [2.24, 2.45) is 17.8 Å². The lowest BCUT2D eigenvalue weighted by Gasteiger charge is -2.29. The smallest absolute Gasteiger partial charge is 0.326 e. The molecular weight excluding hydrogens is 752 g/mol. The van der Waals surface area contributed by atoms with E-state index in [-0.39, 0.29) is 80.2 Å². The number of carbonyl (C=O) groups is 8. The van der Waals surface area contributed by atoms with E-state index in [2.05, 4.69) is 31.9 Å². The minimum atomic E-state index is -1.51. The fraction of sp³-hybridized carbons (Fsp3) is 0.784. The Morgan fingerprint density at radius 1 is 0.632 bits per heavy atom. The van der Waals surface area contributed by atoms with Gasteiger partial charge in [0.05, 0.1) is 39.6 Å². The summed E-state index contributed by atoms with van der Waals surface area (Å²) in [5.41, 5.74) is 0. The number of hydrogen-bond donors (Lipinski definition) is 9. The van der Waals surface area contributed by atoms with Crippen LogP contribution in [0.1, 0.15) is 91.4 Å². The molecule has 20 heteroatoms. The monoisotopic (exact) mass is 816 g/mol. The third-order valence-corrected chi connectivity index (χ3v) is 9.06. The number of unbranched alkanes of at least 4 members (excludes halogenated alkanes) is 1. The topological polar surface area (TPSA) is 297 Å². The first-order valence-corrected chi connectivity index (χ1v) is 19.7. The van der Waals surface area contributed by atoms with Gasteiger partial charge in [0.25, 0.3) is 0 Å². The highest BCUT2D eigenvalue weighted by Crippen LogP contribution is 2.29. The highest BCUT2D eigenvalue weighted by atomic mass is 16.5. The van der Waals surface area contributed by atoms with Gasteiger partial charge >= 0.3 is 23.9 Å². The number of nitrogens with one attached hydrogen (secondary N) is 6. The Hall–Kier alpha value is -4.56. The molecule has 0 aromatic heterocycles. The lowest BCUT2D eigenvalue weighted by molar-refractivity contribution is -0.141. The minimum absolute atomic E-state index is 0.0170. The number of aliphatic carboxylic acids is 3. The van der Waals surface area contributed by atoms with E-state index in [0.717, 1.165) is 12.8 Å². The van der Waals surface area contributed by atoms with Gasteiger partial charge in [-0.15, -0.1) is 0 Å². The van der Waals surface area contributed by atoms with Crippen molar-refractivity contribution < 1.29 is 67.9 Å². The molecule has 0 radical (unpaired) electrons. The van der Waals surface area contributed by atoms with Crippen LogP contribution >= 0.6 is 0 Å². The van der Waals surface area contributed by atoms with Crippen molar-refractivity contribution >= 4 is 47.6 Å². The molecule has 0 aromatic rings. The van der Waals surface area contributed by atoms with Gasteiger partial charge < -0.3 is 61.4 Å². The Kier molecular flexibility index (Phi) is 26.2. The molecule has 9 N–H and O–H groups in total. The summed E-state index contributed by atoms with van der Waals surface area (Å²) in [5, 5.41) is 43.0. The second kappa shape index (κ2) is 29.6. The predicted molar refractivity (Wildman–Crippen MR) is 204 cm³/mol. The molecule has 0 unspecified atom stereocenters. The summed E-state index contributed by atoms with van der Waals surface area (Å²) < 4.78 is 16.2. The molecule has 1 rings (SSSR count). The number of ether oxygens (including phenoxy) is 3. The summed E-state index contributed by atoms with van der Waals surface area (Å²) in [7, 11) is 0. The van der Waals surface area contributed by atoms with Crippen molar-refractivity contribution in [1.82, 2.24) is 31.9 Å². The first-order valence-electron chi connectivity index (χ1n) is 19.7. The Labute approximate surface area is 333 Å². The molecule has 1 saturated carbocycles. The first kappa shape index (κ1) is 50.5.